The van der Waals surface area contributed by atoms with Crippen LogP contribution in [0.15, 0.2) is 59.4 Å². The molecule has 3 aliphatic heterocycles. The Morgan fingerprint density at radius 3 is 2.29 bits per heavy atom. The van der Waals surface area contributed by atoms with Crippen molar-refractivity contribution in [2.24, 2.45) is 5.92 Å². The first-order valence-corrected chi connectivity index (χ1v) is 27.5. The predicted molar refractivity (Wildman–Crippen MR) is 291 cm³/mol. The number of nitrogens with zero attached hydrogens (tertiary/aromatic N) is 7. The van der Waals surface area contributed by atoms with Gasteiger partial charge in [0.15, 0.2) is 17.1 Å². The molecule has 1 atom stereocenters. The van der Waals surface area contributed by atoms with Crippen molar-refractivity contribution >= 4 is 52.0 Å². The second-order valence-electron chi connectivity index (χ2n) is 20.3. The highest BCUT2D eigenvalue weighted by molar-refractivity contribution is 6.31. The summed E-state index contributed by atoms with van der Waals surface area (Å²) in [5.41, 5.74) is 1.59. The highest BCUT2D eigenvalue weighted by atomic mass is 35.5. The van der Waals surface area contributed by atoms with Crippen LogP contribution in [0.3, 0.4) is 0 Å². The highest BCUT2D eigenvalue weighted by Gasteiger charge is 2.45. The fourth-order valence-electron chi connectivity index (χ4n) is 10.5. The number of ether oxygens (including phenoxy) is 6. The normalized spacial score (nSPS) is 18.6. The Morgan fingerprint density at radius 2 is 1.61 bits per heavy atom. The van der Waals surface area contributed by atoms with E-state index in [0.29, 0.717) is 122 Å². The molecule has 1 saturated heterocycles. The van der Waals surface area contributed by atoms with Crippen LogP contribution in [0.1, 0.15) is 96.6 Å². The largest absolute Gasteiger partial charge is 0.508 e. The van der Waals surface area contributed by atoms with Gasteiger partial charge in [0.1, 0.15) is 24.2 Å². The summed E-state index contributed by atoms with van der Waals surface area (Å²) in [5, 5.41) is 46.8. The van der Waals surface area contributed by atoms with Crippen molar-refractivity contribution in [1.29, 1.82) is 5.26 Å². The summed E-state index contributed by atoms with van der Waals surface area (Å²) in [7, 11) is 1.65. The van der Waals surface area contributed by atoms with Crippen molar-refractivity contribution in [2.45, 2.75) is 95.7 Å². The van der Waals surface area contributed by atoms with Crippen LogP contribution in [-0.4, -0.2) is 150 Å². The van der Waals surface area contributed by atoms with Crippen molar-refractivity contribution < 1.29 is 57.8 Å². The number of fused-ring (bicyclic) bond motifs is 5. The van der Waals surface area contributed by atoms with E-state index < -0.39 is 11.6 Å². The molecule has 6 heterocycles. The summed E-state index contributed by atoms with van der Waals surface area (Å²) < 4.78 is 35.2. The van der Waals surface area contributed by atoms with E-state index in [9.17, 15) is 34.2 Å². The van der Waals surface area contributed by atoms with Crippen LogP contribution in [0.25, 0.3) is 22.3 Å². The summed E-state index contributed by atoms with van der Waals surface area (Å²) >= 11 is 6.14. The van der Waals surface area contributed by atoms with Crippen molar-refractivity contribution in [3.05, 3.63) is 103 Å². The van der Waals surface area contributed by atoms with Crippen LogP contribution in [-0.2, 0) is 63.4 Å². The molecule has 1 saturated carbocycles. The molecule has 0 spiro atoms. The standard InChI is InChI=1S/C57H66ClN9O13/c1-3-57(74)44-30-48-52-37(32-67(48)55(72)43(44)34-79-56(57)73)28-41-42(49(68)12-10-46(41)62-52)33-65(2)51(69)16-20-75-22-24-77-26-27-78-25-23-76-21-17-60-53(70)35-14-18-66(19-15-35)50-13-11-47(63-64-50)54(71)61-38-5-8-39(9-6-38)80-40-7-4-36(31-59)45(58)29-40/h4,7,10-13,28-30,35,38-39,68,74H,3,5-6,8-9,14-27,32-34H2,1-2H3,(H,60,70)(H,61,71)/t38?,39?,57-/m0/s1. The zero-order valence-electron chi connectivity index (χ0n) is 44.9. The van der Waals surface area contributed by atoms with Gasteiger partial charge in [-0.25, -0.2) is 9.78 Å². The summed E-state index contributed by atoms with van der Waals surface area (Å²) in [6.07, 6.45) is 4.50. The van der Waals surface area contributed by atoms with Crippen LogP contribution in [0.5, 0.6) is 11.5 Å². The Bertz CT molecular complexity index is 3170. The number of aromatic hydroxyl groups is 1. The fourth-order valence-corrected chi connectivity index (χ4v) is 10.7. The smallest absolute Gasteiger partial charge is 0.343 e. The minimum absolute atomic E-state index is 0.00251. The maximum absolute atomic E-state index is 13.6. The number of rotatable bonds is 24. The van der Waals surface area contributed by atoms with Crippen LogP contribution in [0.2, 0.25) is 5.02 Å². The number of pyridine rings is 2. The van der Waals surface area contributed by atoms with Crippen LogP contribution in [0.4, 0.5) is 5.82 Å². The average molecular weight is 1120 g/mol. The molecule has 9 rings (SSSR count). The van der Waals surface area contributed by atoms with Crippen molar-refractivity contribution in [3.63, 3.8) is 0 Å². The van der Waals surface area contributed by atoms with Gasteiger partial charge in [0, 0.05) is 73.3 Å². The van der Waals surface area contributed by atoms with E-state index in [1.807, 2.05) is 12.1 Å². The van der Waals surface area contributed by atoms with Gasteiger partial charge in [-0.3, -0.25) is 19.2 Å². The Labute approximate surface area is 467 Å². The number of aliphatic hydroxyl groups is 1. The Balaban J connectivity index is 0.581. The lowest BCUT2D eigenvalue weighted by molar-refractivity contribution is -0.172. The summed E-state index contributed by atoms with van der Waals surface area (Å²) in [4.78, 5) is 73.6. The minimum atomic E-state index is -1.93. The molecule has 0 radical (unpaired) electrons. The first-order valence-electron chi connectivity index (χ1n) is 27.1. The summed E-state index contributed by atoms with van der Waals surface area (Å²) in [5.74, 6) is -0.116. The molecule has 0 unspecified atom stereocenters. The molecule has 2 aromatic carbocycles. The van der Waals surface area contributed by atoms with E-state index in [1.165, 1.54) is 11.0 Å². The molecule has 4 aliphatic rings. The molecular weight excluding hydrogens is 1050 g/mol. The van der Waals surface area contributed by atoms with E-state index in [-0.39, 0.29) is 110 Å². The SMILES string of the molecule is CC[C@@]1(O)C(=O)OCc2c1cc1n(c2=O)Cc2cc3c(CN(C)C(=O)CCOCCOCCOCCOCCNC(=O)C4CCN(c5ccc(C(=O)NC6CCC(Oc7ccc(C#N)c(Cl)c7)CC6)nn5)CC4)c(O)ccc3nc2-1. The Morgan fingerprint density at radius 1 is 0.900 bits per heavy atom. The molecule has 5 aromatic rings. The number of phenols is 1. The van der Waals surface area contributed by atoms with Crippen molar-refractivity contribution in [1.82, 2.24) is 35.3 Å². The molecule has 22 nitrogen and oxygen atoms in total. The predicted octanol–water partition coefficient (Wildman–Crippen LogP) is 4.67. The summed E-state index contributed by atoms with van der Waals surface area (Å²) in [6.45, 7) is 5.94. The monoisotopic (exact) mass is 1120 g/mol. The third-order valence-electron chi connectivity index (χ3n) is 15.2. The first kappa shape index (κ1) is 57.4. The second-order valence-corrected chi connectivity index (χ2v) is 20.7. The number of phenolic OH excluding ortho intramolecular Hbond substituents is 1. The van der Waals surface area contributed by atoms with Crippen LogP contribution < -0.4 is 25.8 Å². The van der Waals surface area contributed by atoms with Crippen LogP contribution >= 0.6 is 11.6 Å². The van der Waals surface area contributed by atoms with Gasteiger partial charge in [-0.05, 0) is 93.5 Å². The molecule has 80 heavy (non-hydrogen) atoms. The second kappa shape index (κ2) is 26.3. The summed E-state index contributed by atoms with van der Waals surface area (Å²) in [6, 6.07) is 17.3. The first-order chi connectivity index (χ1) is 38.7. The maximum atomic E-state index is 13.6. The molecule has 1 aliphatic carbocycles. The lowest BCUT2D eigenvalue weighted by Gasteiger charge is -2.32. The quantitative estimate of drug-likeness (QED) is 0.0473. The number of nitrogens with one attached hydrogen (secondary N) is 2. The van der Waals surface area contributed by atoms with Gasteiger partial charge in [0.05, 0.1) is 105 Å². The number of carbonyl (C=O) groups excluding carboxylic acids is 4. The Kier molecular flexibility index (Phi) is 18.9. The topological polar surface area (TPSA) is 279 Å². The van der Waals surface area contributed by atoms with E-state index in [2.05, 4.69) is 25.7 Å². The minimum Gasteiger partial charge on any atom is -0.508 e. The number of hydrogen-bond donors (Lipinski definition) is 4. The molecular formula is C57H66ClN9O13. The van der Waals surface area contributed by atoms with Gasteiger partial charge in [-0.1, -0.05) is 18.5 Å². The number of hydrogen-bond acceptors (Lipinski definition) is 18. The third kappa shape index (κ3) is 13.3. The number of halogens is 1. The lowest BCUT2D eigenvalue weighted by atomic mass is 9.86. The van der Waals surface area contributed by atoms with Crippen molar-refractivity contribution in [3.8, 4) is 29.0 Å². The highest BCUT2D eigenvalue weighted by Crippen LogP contribution is 2.40. The number of carbonyl (C=O) groups is 4. The number of benzene rings is 2. The van der Waals surface area contributed by atoms with Gasteiger partial charge in [-0.2, -0.15) is 5.26 Å². The number of cyclic esters (lactones) is 1. The molecule has 23 heteroatoms. The lowest BCUT2D eigenvalue weighted by Crippen LogP contribution is -2.44. The maximum Gasteiger partial charge on any atom is 0.343 e. The molecule has 0 bridgehead atoms. The van der Waals surface area contributed by atoms with E-state index >= 15 is 0 Å². The fraction of sp³-hybridized carbons (Fsp3) is 0.491. The molecule has 3 aromatic heterocycles. The number of piperidine rings is 1. The Hall–Kier alpha value is -7.26. The molecule has 424 valence electrons. The number of nitriles is 1. The zero-order valence-corrected chi connectivity index (χ0v) is 45.6. The van der Waals surface area contributed by atoms with Gasteiger partial charge in [0.2, 0.25) is 11.8 Å². The zero-order chi connectivity index (χ0) is 56.3. The molecule has 2 fully saturated rings. The van der Waals surface area contributed by atoms with Crippen molar-refractivity contribution in [2.75, 3.05) is 84.4 Å². The number of esters is 1. The number of amides is 3. The van der Waals surface area contributed by atoms with Gasteiger partial charge in [-0.15, -0.1) is 10.2 Å². The number of aromatic nitrogens is 4. The molecule has 3 amide bonds. The van der Waals surface area contributed by atoms with E-state index in [0.717, 1.165) is 31.2 Å². The number of anilines is 1. The average Bonchev–Trinajstić information content (AvgIpc) is 4.00. The molecule has 4 N–H and O–H groups in total. The van der Waals surface area contributed by atoms with Gasteiger partial charge >= 0.3 is 5.97 Å². The third-order valence-corrected chi connectivity index (χ3v) is 15.5. The van der Waals surface area contributed by atoms with Gasteiger partial charge in [0.25, 0.3) is 11.5 Å². The van der Waals surface area contributed by atoms with Crippen LogP contribution in [0, 0.1) is 17.2 Å². The van der Waals surface area contributed by atoms with Gasteiger partial charge < -0.3 is 63.6 Å². The van der Waals surface area contributed by atoms with E-state index in [4.69, 9.17) is 50.3 Å². The van der Waals surface area contributed by atoms with E-state index in [1.54, 1.807) is 61.0 Å².